The third kappa shape index (κ3) is 7.09. The van der Waals surface area contributed by atoms with Crippen LogP contribution in [0.3, 0.4) is 0 Å². The summed E-state index contributed by atoms with van der Waals surface area (Å²) in [5, 5.41) is 5.48. The van der Waals surface area contributed by atoms with Gasteiger partial charge in [-0.25, -0.2) is 8.42 Å². The Bertz CT molecular complexity index is 1720. The molecule has 15 heteroatoms. The van der Waals surface area contributed by atoms with Gasteiger partial charge in [0.05, 0.1) is 24.4 Å². The number of aromatic nitrogens is 1. The van der Waals surface area contributed by atoms with E-state index in [1.54, 1.807) is 31.5 Å². The molecule has 2 saturated carbocycles. The number of amides is 4. The summed E-state index contributed by atoms with van der Waals surface area (Å²) < 4.78 is 39.3. The molecule has 1 saturated heterocycles. The van der Waals surface area contributed by atoms with Crippen LogP contribution in [0.5, 0.6) is 11.5 Å². The predicted molar refractivity (Wildman–Crippen MR) is 172 cm³/mol. The van der Waals surface area contributed by atoms with E-state index in [1.165, 1.54) is 4.90 Å². The maximum atomic E-state index is 14.1. The lowest BCUT2D eigenvalue weighted by Crippen LogP contribution is -2.58. The van der Waals surface area contributed by atoms with Gasteiger partial charge in [0, 0.05) is 30.0 Å². The first-order valence-electron chi connectivity index (χ1n) is 16.0. The van der Waals surface area contributed by atoms with E-state index in [0.29, 0.717) is 54.5 Å². The van der Waals surface area contributed by atoms with Crippen molar-refractivity contribution in [3.63, 3.8) is 0 Å². The molecule has 6 rings (SSSR count). The number of methoxy groups -OCH3 is 1. The van der Waals surface area contributed by atoms with Crippen molar-refractivity contribution in [1.82, 2.24) is 25.2 Å². The molecule has 13 nitrogen and oxygen atoms in total. The number of rotatable bonds is 7. The Morgan fingerprint density at radius 1 is 1.13 bits per heavy atom. The van der Waals surface area contributed by atoms with Gasteiger partial charge < -0.3 is 25.0 Å². The zero-order valence-electron chi connectivity index (χ0n) is 26.1. The summed E-state index contributed by atoms with van der Waals surface area (Å²) in [4.78, 5) is 59.3. The highest BCUT2D eigenvalue weighted by molar-refractivity contribution is 7.91. The first kappa shape index (κ1) is 32.8. The third-order valence-electron chi connectivity index (χ3n) is 9.36. The van der Waals surface area contributed by atoms with Crippen LogP contribution in [0.2, 0.25) is 0 Å². The van der Waals surface area contributed by atoms with Gasteiger partial charge in [0.15, 0.2) is 5.81 Å². The number of hydrogen-bond acceptors (Lipinski definition) is 9. The second-order valence-corrected chi connectivity index (χ2v) is 14.7. The van der Waals surface area contributed by atoms with Crippen LogP contribution < -0.4 is 24.8 Å². The van der Waals surface area contributed by atoms with Gasteiger partial charge in [0.2, 0.25) is 29.7 Å². The maximum absolute atomic E-state index is 14.1. The average molecular weight is 664 g/mol. The van der Waals surface area contributed by atoms with E-state index in [2.05, 4.69) is 20.3 Å². The lowest BCUT2D eigenvalue weighted by Gasteiger charge is -2.29. The van der Waals surface area contributed by atoms with Crippen LogP contribution in [0.4, 0.5) is 4.79 Å². The summed E-state index contributed by atoms with van der Waals surface area (Å²) in [5.74, 6) is -2.03. The molecule has 1 aromatic carbocycles. The fourth-order valence-electron chi connectivity index (χ4n) is 6.53. The van der Waals surface area contributed by atoms with Gasteiger partial charge in [-0.15, -0.1) is 0 Å². The zero-order valence-corrected chi connectivity index (χ0v) is 27.0. The van der Waals surface area contributed by atoms with Crippen LogP contribution in [0.1, 0.15) is 57.8 Å². The lowest BCUT2D eigenvalue weighted by molar-refractivity contribution is -0.141. The van der Waals surface area contributed by atoms with Crippen LogP contribution in [0.25, 0.3) is 10.9 Å². The first-order chi connectivity index (χ1) is 22.5. The van der Waals surface area contributed by atoms with Crippen molar-refractivity contribution in [3.8, 4) is 11.5 Å². The number of allylic oxidation sites excluding steroid dienone is 1. The molecule has 47 heavy (non-hydrogen) atoms. The van der Waals surface area contributed by atoms with Crippen LogP contribution in [0.15, 0.2) is 42.6 Å². The predicted octanol–water partition coefficient (Wildman–Crippen LogP) is 1.84. The zero-order chi connectivity index (χ0) is 33.3. The Balaban J connectivity index is 1.30. The largest absolute Gasteiger partial charge is 0.497 e. The molecule has 2 aromatic rings. The number of carbonyl (C=O) groups excluding carboxylic acids is 4. The molecule has 1 aromatic heterocycles. The molecule has 5 atom stereocenters. The molecule has 3 N–H and O–H groups in total. The highest BCUT2D eigenvalue weighted by Gasteiger charge is 2.62. The van der Waals surface area contributed by atoms with Crippen molar-refractivity contribution < 1.29 is 37.1 Å². The van der Waals surface area contributed by atoms with Crippen molar-refractivity contribution in [2.45, 2.75) is 86.8 Å². The second-order valence-electron chi connectivity index (χ2n) is 12.7. The number of sulfonamides is 1. The summed E-state index contributed by atoms with van der Waals surface area (Å²) in [6.45, 7) is 0.0203. The summed E-state index contributed by atoms with van der Waals surface area (Å²) in [7, 11) is 3.14. The molecule has 0 bridgehead atoms. The van der Waals surface area contributed by atoms with Gasteiger partial charge in [-0.05, 0) is 56.7 Å². The van der Waals surface area contributed by atoms with E-state index in [0.717, 1.165) is 12.8 Å². The second kappa shape index (κ2) is 13.2. The highest BCUT2D eigenvalue weighted by Crippen LogP contribution is 2.46. The van der Waals surface area contributed by atoms with E-state index >= 15 is 0 Å². The highest BCUT2D eigenvalue weighted by atomic mass is 32.2. The molecular formula is C32H38BN5O8S. The normalized spacial score (nSPS) is 28.9. The first-order valence-corrected chi connectivity index (χ1v) is 17.6. The van der Waals surface area contributed by atoms with Gasteiger partial charge in [0.25, 0.3) is 5.91 Å². The number of nitrogens with zero attached hydrogens (tertiary/aromatic N) is 2. The Morgan fingerprint density at radius 2 is 1.94 bits per heavy atom. The standard InChI is InChI=1S/C32H38BN5O8S/c1-45-20-9-12-23-25(15-20)34-14-13-27(23)46-21-16-26-28(39)36-32(30(41)37-47(43,44)22-10-11-22)17-19(32)7-5-3-2-4-6-8-24(35-31(33)42)29(40)38(26)18-21/h5,7,9,12-15,19,21-22,24,26H,2-4,6,8,10-11,16-18H2,1H3,(H,35,42)(H,36,39)(H,37,41)/b7-5-/t19?,21-,24+,26+,32-/m1/s1. The molecule has 0 spiro atoms. The van der Waals surface area contributed by atoms with Crippen LogP contribution in [0, 0.1) is 5.92 Å². The number of fused-ring (bicyclic) bond motifs is 3. The molecule has 2 radical (unpaired) electrons. The number of hydrogen-bond donors (Lipinski definition) is 3. The molecule has 3 heterocycles. The SMILES string of the molecule is [B]C(=O)N[C@H]1CCCCC/C=C\C2C[C@@]2(C(=O)NS(=O)(=O)C2CC2)NC(=O)[C@@H]2C[C@@H](Oc3ccnc4cc(OC)ccc34)CN2C1=O. The monoisotopic (exact) mass is 663 g/mol. The van der Waals surface area contributed by atoms with E-state index in [-0.39, 0.29) is 19.4 Å². The quantitative estimate of drug-likeness (QED) is 0.295. The number of pyridine rings is 1. The Kier molecular flexibility index (Phi) is 9.19. The van der Waals surface area contributed by atoms with Crippen LogP contribution >= 0.6 is 0 Å². The average Bonchev–Trinajstić information content (AvgIpc) is 3.96. The Morgan fingerprint density at radius 3 is 2.68 bits per heavy atom. The molecule has 4 amide bonds. The molecule has 2 aliphatic carbocycles. The van der Waals surface area contributed by atoms with E-state index in [9.17, 15) is 27.6 Å². The summed E-state index contributed by atoms with van der Waals surface area (Å²) in [6.07, 6.45) is 9.25. The third-order valence-corrected chi connectivity index (χ3v) is 11.2. The minimum Gasteiger partial charge on any atom is -0.497 e. The summed E-state index contributed by atoms with van der Waals surface area (Å²) in [6, 6.07) is 5.02. The smallest absolute Gasteiger partial charge is 0.259 e. The van der Waals surface area contributed by atoms with E-state index in [4.69, 9.17) is 17.3 Å². The number of ether oxygens (including phenoxy) is 2. The van der Waals surface area contributed by atoms with Crippen molar-refractivity contribution in [2.24, 2.45) is 5.92 Å². The maximum Gasteiger partial charge on any atom is 0.259 e. The fraction of sp³-hybridized carbons (Fsp3) is 0.531. The lowest BCUT2D eigenvalue weighted by atomic mass is 10.0. The molecule has 3 fully saturated rings. The number of benzene rings is 1. The fourth-order valence-corrected chi connectivity index (χ4v) is 7.89. The van der Waals surface area contributed by atoms with Crippen molar-refractivity contribution in [3.05, 3.63) is 42.6 Å². The van der Waals surface area contributed by atoms with E-state index < -0.39 is 68.4 Å². The van der Waals surface area contributed by atoms with Crippen molar-refractivity contribution >= 4 is 52.3 Å². The molecule has 248 valence electrons. The summed E-state index contributed by atoms with van der Waals surface area (Å²) >= 11 is 0. The van der Waals surface area contributed by atoms with Crippen molar-refractivity contribution in [1.29, 1.82) is 0 Å². The topological polar surface area (TPSA) is 173 Å². The molecule has 1 unspecified atom stereocenters. The van der Waals surface area contributed by atoms with Crippen LogP contribution in [-0.4, -0.2) is 92.3 Å². The Labute approximate surface area is 274 Å². The number of nitrogens with one attached hydrogen (secondary N) is 3. The molecular weight excluding hydrogens is 625 g/mol. The minimum atomic E-state index is -3.87. The Hall–Kier alpha value is -4.14. The summed E-state index contributed by atoms with van der Waals surface area (Å²) in [5.41, 5.74) is -0.842. The molecule has 2 aliphatic heterocycles. The van der Waals surface area contributed by atoms with Gasteiger partial charge >= 0.3 is 0 Å². The van der Waals surface area contributed by atoms with Gasteiger partial charge in [-0.1, -0.05) is 25.0 Å². The van der Waals surface area contributed by atoms with Crippen LogP contribution in [-0.2, 0) is 24.4 Å². The van der Waals surface area contributed by atoms with Crippen molar-refractivity contribution in [2.75, 3.05) is 13.7 Å². The van der Waals surface area contributed by atoms with Gasteiger partial charge in [0.1, 0.15) is 35.2 Å². The van der Waals surface area contributed by atoms with E-state index in [1.807, 2.05) is 18.2 Å². The molecule has 4 aliphatic rings. The minimum absolute atomic E-state index is 0.0203. The number of carbonyl (C=O) groups is 4. The van der Waals surface area contributed by atoms with Gasteiger partial charge in [-0.2, -0.15) is 0 Å². The van der Waals surface area contributed by atoms with Gasteiger partial charge in [-0.3, -0.25) is 28.9 Å².